The van der Waals surface area contributed by atoms with Crippen molar-refractivity contribution in [2.45, 2.75) is 60.0 Å². The number of carbonyl (C=O) groups is 2. The summed E-state index contributed by atoms with van der Waals surface area (Å²) >= 11 is 0. The highest BCUT2D eigenvalue weighted by atomic mass is 16.5. The van der Waals surface area contributed by atoms with Gasteiger partial charge in [-0.1, -0.05) is 19.9 Å². The molecule has 0 aliphatic heterocycles. The van der Waals surface area contributed by atoms with Crippen LogP contribution >= 0.6 is 0 Å². The van der Waals surface area contributed by atoms with E-state index in [4.69, 9.17) is 9.15 Å². The minimum atomic E-state index is -0.281. The Morgan fingerprint density at radius 3 is 2.79 bits per heavy atom. The van der Waals surface area contributed by atoms with Gasteiger partial charge >= 0.3 is 5.97 Å². The molecule has 130 valence electrons. The van der Waals surface area contributed by atoms with Gasteiger partial charge in [0.15, 0.2) is 5.76 Å². The number of Topliss-reactive ketones (excluding diaryl/α,β-unsaturated/α-hetero) is 1. The molecule has 4 heteroatoms. The fourth-order valence-electron chi connectivity index (χ4n) is 4.23. The zero-order chi connectivity index (χ0) is 17.6. The van der Waals surface area contributed by atoms with Crippen LogP contribution < -0.4 is 0 Å². The number of esters is 1. The van der Waals surface area contributed by atoms with Crippen LogP contribution in [0.4, 0.5) is 0 Å². The van der Waals surface area contributed by atoms with Gasteiger partial charge in [-0.15, -0.1) is 0 Å². The Bertz CT molecular complexity index is 711. The zero-order valence-electron chi connectivity index (χ0n) is 15.1. The minimum absolute atomic E-state index is 0.0715. The van der Waals surface area contributed by atoms with E-state index in [0.717, 1.165) is 24.0 Å². The molecule has 1 aromatic heterocycles. The van der Waals surface area contributed by atoms with Crippen LogP contribution in [-0.4, -0.2) is 17.9 Å². The monoisotopic (exact) mass is 330 g/mol. The van der Waals surface area contributed by atoms with Crippen LogP contribution in [0.3, 0.4) is 0 Å². The molecule has 0 saturated heterocycles. The summed E-state index contributed by atoms with van der Waals surface area (Å²) in [6.07, 6.45) is 5.47. The van der Waals surface area contributed by atoms with Crippen molar-refractivity contribution >= 4 is 11.8 Å². The highest BCUT2D eigenvalue weighted by molar-refractivity contribution is 5.99. The predicted octanol–water partition coefficient (Wildman–Crippen LogP) is 4.26. The quantitative estimate of drug-likeness (QED) is 0.600. The van der Waals surface area contributed by atoms with Crippen molar-refractivity contribution in [1.82, 2.24) is 0 Å². The molecule has 1 fully saturated rings. The van der Waals surface area contributed by atoms with E-state index < -0.39 is 0 Å². The SMILES string of the molecule is CC=C(C)C(=O)O[C@H]1C[C@@H]2C(=O)c3occ(C)c3C[C@]2(C)[C@@H](C)C1. The van der Waals surface area contributed by atoms with Crippen LogP contribution in [0.2, 0.25) is 0 Å². The molecule has 0 N–H and O–H groups in total. The normalized spacial score (nSPS) is 33.0. The third-order valence-corrected chi connectivity index (χ3v) is 6.27. The van der Waals surface area contributed by atoms with Gasteiger partial charge in [-0.25, -0.2) is 4.79 Å². The molecule has 1 heterocycles. The molecule has 0 unspecified atom stereocenters. The van der Waals surface area contributed by atoms with E-state index in [-0.39, 0.29) is 29.2 Å². The lowest BCUT2D eigenvalue weighted by atomic mass is 9.54. The van der Waals surface area contributed by atoms with Crippen LogP contribution in [0.1, 0.15) is 62.2 Å². The maximum atomic E-state index is 13.0. The molecule has 0 bridgehead atoms. The van der Waals surface area contributed by atoms with Gasteiger partial charge in [-0.3, -0.25) is 4.79 Å². The summed E-state index contributed by atoms with van der Waals surface area (Å²) in [5.41, 5.74) is 2.63. The van der Waals surface area contributed by atoms with Crippen LogP contribution in [0, 0.1) is 24.2 Å². The summed E-state index contributed by atoms with van der Waals surface area (Å²) in [5.74, 6) is 0.450. The van der Waals surface area contributed by atoms with Gasteiger partial charge < -0.3 is 9.15 Å². The second kappa shape index (κ2) is 5.91. The highest BCUT2D eigenvalue weighted by Gasteiger charge is 2.53. The number of rotatable bonds is 2. The fraction of sp³-hybridized carbons (Fsp3) is 0.600. The van der Waals surface area contributed by atoms with Gasteiger partial charge in [0, 0.05) is 17.1 Å². The van der Waals surface area contributed by atoms with Gasteiger partial charge in [-0.05, 0) is 56.9 Å². The fourth-order valence-corrected chi connectivity index (χ4v) is 4.23. The van der Waals surface area contributed by atoms with Crippen LogP contribution in [0.5, 0.6) is 0 Å². The second-order valence-corrected chi connectivity index (χ2v) is 7.70. The predicted molar refractivity (Wildman–Crippen MR) is 90.8 cm³/mol. The zero-order valence-corrected chi connectivity index (χ0v) is 15.1. The Hall–Kier alpha value is -1.84. The largest absolute Gasteiger partial charge is 0.461 e. The number of hydrogen-bond acceptors (Lipinski definition) is 4. The number of carbonyl (C=O) groups excluding carboxylic acids is 2. The summed E-state index contributed by atoms with van der Waals surface area (Å²) < 4.78 is 11.2. The van der Waals surface area contributed by atoms with Gasteiger partial charge in [0.2, 0.25) is 5.78 Å². The lowest BCUT2D eigenvalue weighted by Gasteiger charge is -2.49. The standard InChI is InChI=1S/C20H26O4/c1-6-11(2)19(22)24-14-7-13(4)20(5)9-15-12(3)10-23-18(15)17(21)16(20)8-14/h6,10,13-14,16H,7-9H2,1-5H3/t13-,14+,16+,20+/m0/s1. The van der Waals surface area contributed by atoms with Crippen LogP contribution in [0.25, 0.3) is 0 Å². The third-order valence-electron chi connectivity index (χ3n) is 6.27. The molecule has 24 heavy (non-hydrogen) atoms. The van der Waals surface area contributed by atoms with E-state index in [1.54, 1.807) is 19.3 Å². The number of hydrogen-bond donors (Lipinski definition) is 0. The molecule has 1 saturated carbocycles. The van der Waals surface area contributed by atoms with Crippen LogP contribution in [0.15, 0.2) is 22.3 Å². The topological polar surface area (TPSA) is 56.5 Å². The first-order chi connectivity index (χ1) is 11.3. The van der Waals surface area contributed by atoms with E-state index in [2.05, 4.69) is 13.8 Å². The molecule has 4 atom stereocenters. The molecule has 1 aromatic rings. The smallest absolute Gasteiger partial charge is 0.333 e. The first kappa shape index (κ1) is 17.0. The molecule has 0 amide bonds. The van der Waals surface area contributed by atoms with Crippen molar-refractivity contribution < 1.29 is 18.7 Å². The second-order valence-electron chi connectivity index (χ2n) is 7.70. The maximum Gasteiger partial charge on any atom is 0.333 e. The molecule has 0 radical (unpaired) electrons. The van der Waals surface area contributed by atoms with Crippen molar-refractivity contribution in [1.29, 1.82) is 0 Å². The lowest BCUT2D eigenvalue weighted by molar-refractivity contribution is -0.150. The van der Waals surface area contributed by atoms with E-state index >= 15 is 0 Å². The third kappa shape index (κ3) is 2.52. The molecule has 0 spiro atoms. The van der Waals surface area contributed by atoms with Crippen LogP contribution in [-0.2, 0) is 16.0 Å². The Kier molecular flexibility index (Phi) is 4.18. The molecular formula is C20H26O4. The number of furan rings is 1. The first-order valence-corrected chi connectivity index (χ1v) is 8.73. The highest BCUT2D eigenvalue weighted by Crippen LogP contribution is 2.53. The van der Waals surface area contributed by atoms with E-state index in [9.17, 15) is 9.59 Å². The van der Waals surface area contributed by atoms with Crippen molar-refractivity contribution in [2.75, 3.05) is 0 Å². The lowest BCUT2D eigenvalue weighted by Crippen LogP contribution is -2.50. The Morgan fingerprint density at radius 2 is 2.12 bits per heavy atom. The number of aryl methyl sites for hydroxylation is 1. The molecule has 2 aliphatic carbocycles. The van der Waals surface area contributed by atoms with Gasteiger partial charge in [-0.2, -0.15) is 0 Å². The summed E-state index contributed by atoms with van der Waals surface area (Å²) in [4.78, 5) is 25.1. The molecule has 2 aliphatic rings. The number of allylic oxidation sites excluding steroid dienone is 1. The maximum absolute atomic E-state index is 13.0. The van der Waals surface area contributed by atoms with Crippen molar-refractivity contribution in [3.8, 4) is 0 Å². The Morgan fingerprint density at radius 1 is 1.42 bits per heavy atom. The Balaban J connectivity index is 1.87. The molecular weight excluding hydrogens is 304 g/mol. The van der Waals surface area contributed by atoms with Gasteiger partial charge in [0.1, 0.15) is 6.10 Å². The number of fused-ring (bicyclic) bond motifs is 2. The molecule has 4 nitrogen and oxygen atoms in total. The molecule has 3 rings (SSSR count). The van der Waals surface area contributed by atoms with E-state index in [0.29, 0.717) is 23.7 Å². The average Bonchev–Trinajstić information content (AvgIpc) is 2.90. The minimum Gasteiger partial charge on any atom is -0.461 e. The summed E-state index contributed by atoms with van der Waals surface area (Å²) in [6, 6.07) is 0. The number of ketones is 1. The van der Waals surface area contributed by atoms with Crippen molar-refractivity contribution in [3.63, 3.8) is 0 Å². The van der Waals surface area contributed by atoms with Gasteiger partial charge in [0.25, 0.3) is 0 Å². The summed E-state index contributed by atoms with van der Waals surface area (Å²) in [6.45, 7) is 9.94. The average molecular weight is 330 g/mol. The Labute approximate surface area is 143 Å². The van der Waals surface area contributed by atoms with Crippen molar-refractivity contribution in [2.24, 2.45) is 17.3 Å². The van der Waals surface area contributed by atoms with Gasteiger partial charge in [0.05, 0.1) is 6.26 Å². The van der Waals surface area contributed by atoms with E-state index in [1.807, 2.05) is 13.8 Å². The van der Waals surface area contributed by atoms with Crippen molar-refractivity contribution in [3.05, 3.63) is 34.8 Å². The first-order valence-electron chi connectivity index (χ1n) is 8.73. The van der Waals surface area contributed by atoms with E-state index in [1.165, 1.54) is 0 Å². The summed E-state index contributed by atoms with van der Waals surface area (Å²) in [5, 5.41) is 0. The number of ether oxygens (including phenoxy) is 1. The molecule has 0 aromatic carbocycles. The summed E-state index contributed by atoms with van der Waals surface area (Å²) in [7, 11) is 0.